The number of aliphatic hydroxyl groups is 2. The van der Waals surface area contributed by atoms with Crippen LogP contribution in [-0.2, 0) is 52.8 Å². The van der Waals surface area contributed by atoms with Gasteiger partial charge in [-0.1, -0.05) is 60.2 Å². The van der Waals surface area contributed by atoms with Crippen LogP contribution in [0.1, 0.15) is 37.5 Å². The highest BCUT2D eigenvalue weighted by atomic mass is 16.5. The zero-order valence-corrected chi connectivity index (χ0v) is 32.3. The standard InChI is InChI=1S/C41H51N5O11/c1-25(2)18-19-57-31-16-12-29(13-17-31)21-33(41(55)56-4)45-39(53)34(24-47)46-38(52)32(20-28-10-14-30(48)15-11-28)44-36(50)23-42-37(51)26(3)43-40(54)35(49)22-27-8-6-5-7-9-27/h5-18,26,32-35,47-49H,19-24H2,1-4H3,(H,42,51)(H,43,54)(H,44,50)(H,45,53)(H,46,52). The number of methoxy groups -OCH3 is 1. The number of nitrogens with one attached hydrogen (secondary N) is 5. The van der Waals surface area contributed by atoms with Crippen LogP contribution in [0.4, 0.5) is 0 Å². The molecule has 3 aromatic carbocycles. The number of amides is 5. The summed E-state index contributed by atoms with van der Waals surface area (Å²) in [4.78, 5) is 77.7. The number of aromatic hydroxyl groups is 1. The molecule has 0 aliphatic rings. The van der Waals surface area contributed by atoms with E-state index in [-0.39, 0.29) is 25.0 Å². The van der Waals surface area contributed by atoms with Crippen molar-refractivity contribution in [3.63, 3.8) is 0 Å². The number of rotatable bonds is 21. The normalized spacial score (nSPS) is 13.3. The predicted molar refractivity (Wildman–Crippen MR) is 209 cm³/mol. The van der Waals surface area contributed by atoms with Gasteiger partial charge in [0.15, 0.2) is 0 Å². The lowest BCUT2D eigenvalue weighted by molar-refractivity contribution is -0.145. The average Bonchev–Trinajstić information content (AvgIpc) is 3.19. The molecule has 16 nitrogen and oxygen atoms in total. The van der Waals surface area contributed by atoms with Crippen molar-refractivity contribution >= 4 is 35.5 Å². The van der Waals surface area contributed by atoms with Gasteiger partial charge in [0.25, 0.3) is 0 Å². The molecule has 0 saturated carbocycles. The first-order valence-electron chi connectivity index (χ1n) is 18.2. The Labute approximate surface area is 331 Å². The van der Waals surface area contributed by atoms with Crippen molar-refractivity contribution in [2.24, 2.45) is 0 Å². The predicted octanol–water partition coefficient (Wildman–Crippen LogP) is 0.367. The van der Waals surface area contributed by atoms with Crippen LogP contribution in [-0.4, -0.2) is 108 Å². The smallest absolute Gasteiger partial charge is 0.328 e. The van der Waals surface area contributed by atoms with Crippen molar-refractivity contribution in [3.05, 3.63) is 107 Å². The SMILES string of the molecule is COC(=O)C(Cc1ccc(OCC=C(C)C)cc1)NC(=O)C(CO)NC(=O)C(Cc1ccc(O)cc1)NC(=O)CNC(=O)C(C)NC(=O)C(O)Cc1ccccc1. The molecular formula is C41H51N5O11. The van der Waals surface area contributed by atoms with Crippen LogP contribution in [0.3, 0.4) is 0 Å². The van der Waals surface area contributed by atoms with Gasteiger partial charge in [-0.25, -0.2) is 4.79 Å². The summed E-state index contributed by atoms with van der Waals surface area (Å²) in [5.74, 6) is -4.35. The first kappa shape index (κ1) is 45.1. The number of phenols is 1. The third-order valence-electron chi connectivity index (χ3n) is 8.50. The lowest BCUT2D eigenvalue weighted by atomic mass is 10.0. The first-order chi connectivity index (χ1) is 27.2. The molecule has 0 heterocycles. The van der Waals surface area contributed by atoms with E-state index >= 15 is 0 Å². The number of hydrogen-bond donors (Lipinski definition) is 8. The highest BCUT2D eigenvalue weighted by Gasteiger charge is 2.30. The van der Waals surface area contributed by atoms with E-state index in [1.165, 1.54) is 31.2 Å². The number of phenolic OH excluding ortho intramolecular Hbond substituents is 1. The van der Waals surface area contributed by atoms with Crippen molar-refractivity contribution in [1.82, 2.24) is 26.6 Å². The van der Waals surface area contributed by atoms with Crippen molar-refractivity contribution in [1.29, 1.82) is 0 Å². The molecule has 0 radical (unpaired) electrons. The van der Waals surface area contributed by atoms with E-state index in [4.69, 9.17) is 9.47 Å². The molecule has 5 unspecified atom stereocenters. The topological polar surface area (TPSA) is 242 Å². The highest BCUT2D eigenvalue weighted by molar-refractivity contribution is 5.95. The van der Waals surface area contributed by atoms with Crippen LogP contribution in [0, 0.1) is 0 Å². The van der Waals surface area contributed by atoms with Crippen LogP contribution < -0.4 is 31.3 Å². The van der Waals surface area contributed by atoms with Crippen LogP contribution >= 0.6 is 0 Å². The summed E-state index contributed by atoms with van der Waals surface area (Å²) in [5.41, 5.74) is 2.99. The van der Waals surface area contributed by atoms with Gasteiger partial charge in [-0.3, -0.25) is 24.0 Å². The minimum Gasteiger partial charge on any atom is -0.508 e. The van der Waals surface area contributed by atoms with Gasteiger partial charge in [-0.15, -0.1) is 0 Å². The van der Waals surface area contributed by atoms with Crippen molar-refractivity contribution < 1.29 is 53.6 Å². The summed E-state index contributed by atoms with van der Waals surface area (Å²) in [5, 5.41) is 42.3. The molecule has 0 aliphatic carbocycles. The van der Waals surface area contributed by atoms with Crippen LogP contribution in [0.2, 0.25) is 0 Å². The van der Waals surface area contributed by atoms with Gasteiger partial charge in [0.1, 0.15) is 48.4 Å². The molecule has 3 aromatic rings. The fraction of sp³-hybridized carbons (Fsp3) is 0.366. The second-order valence-corrected chi connectivity index (χ2v) is 13.4. The molecular weight excluding hydrogens is 738 g/mol. The van der Waals surface area contributed by atoms with E-state index in [9.17, 15) is 44.1 Å². The maximum atomic E-state index is 13.6. The van der Waals surface area contributed by atoms with Crippen molar-refractivity contribution in [3.8, 4) is 11.5 Å². The number of aliphatic hydroxyl groups excluding tert-OH is 2. The largest absolute Gasteiger partial charge is 0.508 e. The Morgan fingerprint density at radius 3 is 1.84 bits per heavy atom. The molecule has 306 valence electrons. The van der Waals surface area contributed by atoms with E-state index < -0.39 is 78.9 Å². The highest BCUT2D eigenvalue weighted by Crippen LogP contribution is 2.15. The molecule has 0 bridgehead atoms. The number of carbonyl (C=O) groups excluding carboxylic acids is 6. The fourth-order valence-electron chi connectivity index (χ4n) is 5.28. The molecule has 0 fully saturated rings. The van der Waals surface area contributed by atoms with Crippen LogP contribution in [0.5, 0.6) is 11.5 Å². The molecule has 5 atom stereocenters. The molecule has 8 N–H and O–H groups in total. The van der Waals surface area contributed by atoms with Crippen LogP contribution in [0.25, 0.3) is 0 Å². The molecule has 0 spiro atoms. The average molecular weight is 790 g/mol. The summed E-state index contributed by atoms with van der Waals surface area (Å²) in [6, 6.07) is 16.2. The summed E-state index contributed by atoms with van der Waals surface area (Å²) in [6.07, 6.45) is 0.416. The summed E-state index contributed by atoms with van der Waals surface area (Å²) < 4.78 is 10.5. The maximum Gasteiger partial charge on any atom is 0.328 e. The lowest BCUT2D eigenvalue weighted by Gasteiger charge is -2.24. The molecule has 0 aromatic heterocycles. The van der Waals surface area contributed by atoms with Crippen molar-refractivity contribution in [2.75, 3.05) is 26.9 Å². The Bertz CT molecular complexity index is 1830. The van der Waals surface area contributed by atoms with E-state index in [1.54, 1.807) is 54.6 Å². The Morgan fingerprint density at radius 2 is 1.25 bits per heavy atom. The van der Waals surface area contributed by atoms with E-state index in [1.807, 2.05) is 19.9 Å². The van der Waals surface area contributed by atoms with E-state index in [0.29, 0.717) is 23.5 Å². The van der Waals surface area contributed by atoms with Crippen molar-refractivity contribution in [2.45, 2.75) is 70.3 Å². The minimum absolute atomic E-state index is 0.0145. The Hall–Kier alpha value is -6.26. The molecule has 0 aliphatic heterocycles. The van der Waals surface area contributed by atoms with E-state index in [2.05, 4.69) is 26.6 Å². The number of carbonyl (C=O) groups is 6. The lowest BCUT2D eigenvalue weighted by Crippen LogP contribution is -2.58. The van der Waals surface area contributed by atoms with Gasteiger partial charge in [0.2, 0.25) is 29.5 Å². The van der Waals surface area contributed by atoms with Gasteiger partial charge >= 0.3 is 5.97 Å². The maximum absolute atomic E-state index is 13.6. The molecule has 16 heteroatoms. The van der Waals surface area contributed by atoms with Gasteiger partial charge in [0, 0.05) is 19.3 Å². The Morgan fingerprint density at radius 1 is 0.684 bits per heavy atom. The molecule has 57 heavy (non-hydrogen) atoms. The summed E-state index contributed by atoms with van der Waals surface area (Å²) in [7, 11) is 1.15. The Kier molecular flexibility index (Phi) is 18.2. The minimum atomic E-state index is -1.56. The second kappa shape index (κ2) is 23.0. The first-order valence-corrected chi connectivity index (χ1v) is 18.2. The van der Waals surface area contributed by atoms with Gasteiger partial charge in [-0.2, -0.15) is 0 Å². The Balaban J connectivity index is 1.63. The summed E-state index contributed by atoms with van der Waals surface area (Å²) >= 11 is 0. The van der Waals surface area contributed by atoms with Crippen LogP contribution in [0.15, 0.2) is 90.5 Å². The second-order valence-electron chi connectivity index (χ2n) is 13.4. The molecule has 3 rings (SSSR count). The third-order valence-corrected chi connectivity index (χ3v) is 8.50. The number of benzene rings is 3. The number of ether oxygens (including phenoxy) is 2. The van der Waals surface area contributed by atoms with Gasteiger partial charge in [0.05, 0.1) is 20.3 Å². The number of allylic oxidation sites excluding steroid dienone is 1. The van der Waals surface area contributed by atoms with E-state index in [0.717, 1.165) is 18.2 Å². The third kappa shape index (κ3) is 15.8. The molecule has 5 amide bonds. The summed E-state index contributed by atoms with van der Waals surface area (Å²) in [6.45, 7) is 4.17. The molecule has 0 saturated heterocycles. The number of hydrogen-bond acceptors (Lipinski definition) is 11. The van der Waals surface area contributed by atoms with Gasteiger partial charge in [-0.05, 0) is 67.8 Å². The zero-order chi connectivity index (χ0) is 41.9. The fourth-order valence-corrected chi connectivity index (χ4v) is 5.28. The number of esters is 1. The zero-order valence-electron chi connectivity index (χ0n) is 32.3. The van der Waals surface area contributed by atoms with Gasteiger partial charge < -0.3 is 51.4 Å². The quantitative estimate of drug-likeness (QED) is 0.0542. The monoisotopic (exact) mass is 789 g/mol.